The number of rotatable bonds is 4. The molecular formula is C14H15N5O. The quantitative estimate of drug-likeness (QED) is 0.675. The van der Waals surface area contributed by atoms with Gasteiger partial charge >= 0.3 is 0 Å². The zero-order valence-corrected chi connectivity index (χ0v) is 11.1. The number of fused-ring (bicyclic) bond motifs is 1. The Bertz CT molecular complexity index is 737. The van der Waals surface area contributed by atoms with Crippen molar-refractivity contribution < 1.29 is 4.74 Å². The molecule has 0 atom stereocenters. The Morgan fingerprint density at radius 1 is 1.35 bits per heavy atom. The minimum atomic E-state index is 0.561. The summed E-state index contributed by atoms with van der Waals surface area (Å²) in [5.41, 5.74) is 6.67. The summed E-state index contributed by atoms with van der Waals surface area (Å²) in [4.78, 5) is 4.37. The van der Waals surface area contributed by atoms with E-state index in [4.69, 9.17) is 10.5 Å². The number of nitrogens with zero attached hydrogens (tertiary/aromatic N) is 2. The number of aromatic amines is 1. The number of pyridine rings is 1. The van der Waals surface area contributed by atoms with Gasteiger partial charge in [0.1, 0.15) is 17.4 Å². The Morgan fingerprint density at radius 3 is 3.00 bits per heavy atom. The van der Waals surface area contributed by atoms with Gasteiger partial charge in [0, 0.05) is 23.7 Å². The zero-order chi connectivity index (χ0) is 13.9. The number of nitrogen functional groups attached to an aromatic ring is 1. The Labute approximate surface area is 116 Å². The third-order valence-corrected chi connectivity index (χ3v) is 3.17. The number of hydrogen-bond donors (Lipinski definition) is 3. The number of aromatic nitrogens is 3. The Hall–Kier alpha value is -2.76. The lowest BCUT2D eigenvalue weighted by Crippen LogP contribution is -2.03. The molecule has 102 valence electrons. The first-order valence-corrected chi connectivity index (χ1v) is 6.22. The van der Waals surface area contributed by atoms with Gasteiger partial charge in [0.2, 0.25) is 0 Å². The molecule has 0 aliphatic heterocycles. The van der Waals surface area contributed by atoms with Gasteiger partial charge in [0.25, 0.3) is 0 Å². The van der Waals surface area contributed by atoms with Gasteiger partial charge in [-0.05, 0) is 23.6 Å². The molecule has 2 heterocycles. The molecule has 0 fully saturated rings. The maximum atomic E-state index is 5.76. The van der Waals surface area contributed by atoms with Crippen molar-refractivity contribution in [3.8, 4) is 5.75 Å². The van der Waals surface area contributed by atoms with E-state index in [-0.39, 0.29) is 0 Å². The van der Waals surface area contributed by atoms with Crippen LogP contribution in [0.4, 0.5) is 11.6 Å². The van der Waals surface area contributed by atoms with E-state index in [1.807, 2.05) is 24.3 Å². The van der Waals surface area contributed by atoms with Crippen LogP contribution in [-0.4, -0.2) is 22.3 Å². The zero-order valence-electron chi connectivity index (χ0n) is 11.1. The van der Waals surface area contributed by atoms with Gasteiger partial charge in [-0.2, -0.15) is 5.10 Å². The van der Waals surface area contributed by atoms with Crippen LogP contribution in [0.1, 0.15) is 5.56 Å². The van der Waals surface area contributed by atoms with Gasteiger partial charge in [-0.3, -0.25) is 5.10 Å². The van der Waals surface area contributed by atoms with Crippen molar-refractivity contribution in [3.63, 3.8) is 0 Å². The third-order valence-electron chi connectivity index (χ3n) is 3.17. The van der Waals surface area contributed by atoms with Crippen LogP contribution < -0.4 is 15.8 Å². The average molecular weight is 269 g/mol. The number of anilines is 2. The molecule has 0 radical (unpaired) electrons. The maximum Gasteiger partial charge on any atom is 0.134 e. The number of nitrogens with two attached hydrogens (primary N) is 1. The van der Waals surface area contributed by atoms with Crippen molar-refractivity contribution in [2.75, 3.05) is 18.2 Å². The van der Waals surface area contributed by atoms with Crippen molar-refractivity contribution in [1.82, 2.24) is 15.2 Å². The summed E-state index contributed by atoms with van der Waals surface area (Å²) in [6.07, 6.45) is 3.48. The lowest BCUT2D eigenvalue weighted by molar-refractivity contribution is 0.415. The highest BCUT2D eigenvalue weighted by atomic mass is 16.5. The lowest BCUT2D eigenvalue weighted by atomic mass is 10.1. The summed E-state index contributed by atoms with van der Waals surface area (Å²) in [5, 5.41) is 12.0. The first kappa shape index (κ1) is 12.3. The smallest absolute Gasteiger partial charge is 0.134 e. The number of H-pyrrole nitrogens is 1. The summed E-state index contributed by atoms with van der Waals surface area (Å²) in [6, 6.07) is 7.86. The molecule has 0 amide bonds. The van der Waals surface area contributed by atoms with E-state index in [2.05, 4.69) is 20.5 Å². The molecule has 0 saturated carbocycles. The largest absolute Gasteiger partial charge is 0.497 e. The summed E-state index contributed by atoms with van der Waals surface area (Å²) < 4.78 is 5.26. The predicted octanol–water partition coefficient (Wildman–Crippen LogP) is 2.16. The molecule has 3 rings (SSSR count). The molecule has 3 aromatic rings. The summed E-state index contributed by atoms with van der Waals surface area (Å²) >= 11 is 0. The molecule has 0 aliphatic carbocycles. The van der Waals surface area contributed by atoms with Crippen LogP contribution in [0.2, 0.25) is 0 Å². The standard InChI is InChI=1S/C14H15N5O/c1-20-11-3-2-9-4-5-16-14(12(9)6-11)17-7-10-8-18-19-13(10)15/h2-6,8H,7H2,1H3,(H,16,17)(H3,15,18,19). The van der Waals surface area contributed by atoms with Crippen molar-refractivity contribution in [3.05, 3.63) is 42.2 Å². The molecule has 6 heteroatoms. The van der Waals surface area contributed by atoms with Gasteiger partial charge in [0.05, 0.1) is 13.3 Å². The number of nitrogens with one attached hydrogen (secondary N) is 2. The molecule has 2 aromatic heterocycles. The second-order valence-corrected chi connectivity index (χ2v) is 4.41. The van der Waals surface area contributed by atoms with Crippen LogP contribution in [0, 0.1) is 0 Å². The van der Waals surface area contributed by atoms with Crippen LogP contribution in [0.15, 0.2) is 36.7 Å². The average Bonchev–Trinajstić information content (AvgIpc) is 2.89. The fourth-order valence-corrected chi connectivity index (χ4v) is 2.06. The van der Waals surface area contributed by atoms with Crippen molar-refractivity contribution in [1.29, 1.82) is 0 Å². The molecule has 20 heavy (non-hydrogen) atoms. The first-order valence-electron chi connectivity index (χ1n) is 6.22. The summed E-state index contributed by atoms with van der Waals surface area (Å²) in [6.45, 7) is 0.561. The Balaban J connectivity index is 1.92. The third kappa shape index (κ3) is 2.23. The number of benzene rings is 1. The highest BCUT2D eigenvalue weighted by Gasteiger charge is 2.06. The van der Waals surface area contributed by atoms with Gasteiger partial charge in [-0.15, -0.1) is 0 Å². The molecule has 0 spiro atoms. The predicted molar refractivity (Wildman–Crippen MR) is 78.6 cm³/mol. The summed E-state index contributed by atoms with van der Waals surface area (Å²) in [7, 11) is 1.65. The van der Waals surface area contributed by atoms with Crippen LogP contribution in [0.25, 0.3) is 10.8 Å². The van der Waals surface area contributed by atoms with E-state index in [1.54, 1.807) is 19.5 Å². The fourth-order valence-electron chi connectivity index (χ4n) is 2.06. The molecule has 6 nitrogen and oxygen atoms in total. The van der Waals surface area contributed by atoms with Gasteiger partial charge in [0.15, 0.2) is 0 Å². The molecule has 1 aromatic carbocycles. The van der Waals surface area contributed by atoms with E-state index in [0.717, 1.165) is 27.9 Å². The van der Waals surface area contributed by atoms with Crippen LogP contribution in [0.5, 0.6) is 5.75 Å². The van der Waals surface area contributed by atoms with E-state index in [9.17, 15) is 0 Å². The van der Waals surface area contributed by atoms with Crippen molar-refractivity contribution in [2.24, 2.45) is 0 Å². The van der Waals surface area contributed by atoms with Crippen LogP contribution >= 0.6 is 0 Å². The van der Waals surface area contributed by atoms with Crippen LogP contribution in [-0.2, 0) is 6.54 Å². The normalized spacial score (nSPS) is 10.7. The van der Waals surface area contributed by atoms with Crippen molar-refractivity contribution in [2.45, 2.75) is 6.54 Å². The van der Waals surface area contributed by atoms with Crippen LogP contribution in [0.3, 0.4) is 0 Å². The minimum Gasteiger partial charge on any atom is -0.497 e. The number of ether oxygens (including phenoxy) is 1. The second-order valence-electron chi connectivity index (χ2n) is 4.41. The SMILES string of the molecule is COc1ccc2ccnc(NCc3cn[nH]c3N)c2c1. The molecule has 0 saturated heterocycles. The van der Waals surface area contributed by atoms with Gasteiger partial charge < -0.3 is 15.8 Å². The Kier molecular flexibility index (Phi) is 3.12. The minimum absolute atomic E-state index is 0.561. The fraction of sp³-hybridized carbons (Fsp3) is 0.143. The number of hydrogen-bond acceptors (Lipinski definition) is 5. The molecule has 4 N–H and O–H groups in total. The van der Waals surface area contributed by atoms with E-state index in [1.165, 1.54) is 0 Å². The number of methoxy groups -OCH3 is 1. The van der Waals surface area contributed by atoms with E-state index in [0.29, 0.717) is 12.4 Å². The molecule has 0 unspecified atom stereocenters. The van der Waals surface area contributed by atoms with Crippen molar-refractivity contribution >= 4 is 22.4 Å². The van der Waals surface area contributed by atoms with Gasteiger partial charge in [-0.1, -0.05) is 6.07 Å². The topological polar surface area (TPSA) is 88.8 Å². The molecular weight excluding hydrogens is 254 g/mol. The first-order chi connectivity index (χ1) is 9.78. The maximum absolute atomic E-state index is 5.76. The lowest BCUT2D eigenvalue weighted by Gasteiger charge is -2.09. The van der Waals surface area contributed by atoms with Gasteiger partial charge in [-0.25, -0.2) is 4.98 Å². The van der Waals surface area contributed by atoms with E-state index >= 15 is 0 Å². The van der Waals surface area contributed by atoms with E-state index < -0.39 is 0 Å². The highest BCUT2D eigenvalue weighted by molar-refractivity contribution is 5.92. The Morgan fingerprint density at radius 2 is 2.25 bits per heavy atom. The molecule has 0 aliphatic rings. The monoisotopic (exact) mass is 269 g/mol. The highest BCUT2D eigenvalue weighted by Crippen LogP contribution is 2.26. The summed E-state index contributed by atoms with van der Waals surface area (Å²) in [5.74, 6) is 2.16. The second kappa shape index (κ2) is 5.08. The molecule has 0 bridgehead atoms.